The number of fused-ring (bicyclic) bond motifs is 4. The molecule has 3 aromatic rings. The summed E-state index contributed by atoms with van der Waals surface area (Å²) in [5.41, 5.74) is 9.42. The number of hydrogen-bond acceptors (Lipinski definition) is 7. The summed E-state index contributed by atoms with van der Waals surface area (Å²) >= 11 is 1.74. The lowest BCUT2D eigenvalue weighted by molar-refractivity contribution is 0.0687. The summed E-state index contributed by atoms with van der Waals surface area (Å²) in [7, 11) is 0. The van der Waals surface area contributed by atoms with Crippen molar-refractivity contribution in [2.45, 2.75) is 45.2 Å². The maximum Gasteiger partial charge on any atom is 0.356 e. The van der Waals surface area contributed by atoms with Gasteiger partial charge in [-0.3, -0.25) is 10.00 Å². The monoisotopic (exact) mass is 384 g/mol. The molecule has 3 aromatic heterocycles. The van der Waals surface area contributed by atoms with E-state index in [1.54, 1.807) is 11.3 Å². The van der Waals surface area contributed by atoms with Gasteiger partial charge in [0.05, 0.1) is 11.9 Å². The molecule has 0 bridgehead atoms. The molecule has 0 aromatic carbocycles. The van der Waals surface area contributed by atoms with Gasteiger partial charge in [-0.25, -0.2) is 14.8 Å². The van der Waals surface area contributed by atoms with Gasteiger partial charge in [0.1, 0.15) is 16.5 Å². The van der Waals surface area contributed by atoms with Crippen molar-refractivity contribution >= 4 is 33.3 Å². The Bertz CT molecular complexity index is 1060. The highest BCUT2D eigenvalue weighted by Gasteiger charge is 2.26. The minimum Gasteiger partial charge on any atom is -0.476 e. The van der Waals surface area contributed by atoms with Crippen molar-refractivity contribution in [3.63, 3.8) is 0 Å². The number of carboxylic acid groups (broad SMARTS) is 1. The standard InChI is InChI=1S/C18H20N6O2S/c19-16-14-9-3-1-2-4-12(9)27-17(14)21-13(20-16)8-24-6-5-11-10(7-24)15(18(25)26)23-22-11/h1-8H2,(H,22,23)(H,25,26)(H2,19,20,21). The van der Waals surface area contributed by atoms with Crippen LogP contribution < -0.4 is 5.73 Å². The maximum atomic E-state index is 11.3. The van der Waals surface area contributed by atoms with Crippen LogP contribution in [0.25, 0.3) is 10.2 Å². The summed E-state index contributed by atoms with van der Waals surface area (Å²) in [5.74, 6) is 0.268. The number of H-pyrrole nitrogens is 1. The molecule has 1 aliphatic heterocycles. The number of nitrogens with one attached hydrogen (secondary N) is 1. The summed E-state index contributed by atoms with van der Waals surface area (Å²) in [4.78, 5) is 25.2. The molecule has 0 saturated carbocycles. The Morgan fingerprint density at radius 1 is 1.22 bits per heavy atom. The molecular weight excluding hydrogens is 364 g/mol. The summed E-state index contributed by atoms with van der Waals surface area (Å²) in [6, 6.07) is 0. The van der Waals surface area contributed by atoms with Crippen molar-refractivity contribution in [3.8, 4) is 0 Å². The first-order chi connectivity index (χ1) is 13.1. The smallest absolute Gasteiger partial charge is 0.356 e. The van der Waals surface area contributed by atoms with E-state index in [0.717, 1.165) is 47.3 Å². The highest BCUT2D eigenvalue weighted by atomic mass is 32.1. The van der Waals surface area contributed by atoms with Crippen molar-refractivity contribution in [1.82, 2.24) is 25.1 Å². The van der Waals surface area contributed by atoms with Crippen LogP contribution in [-0.4, -0.2) is 42.7 Å². The summed E-state index contributed by atoms with van der Waals surface area (Å²) in [5, 5.41) is 17.1. The fourth-order valence-corrected chi connectivity index (χ4v) is 5.45. The van der Waals surface area contributed by atoms with E-state index in [9.17, 15) is 9.90 Å². The zero-order valence-electron chi connectivity index (χ0n) is 14.8. The van der Waals surface area contributed by atoms with Gasteiger partial charge in [-0.2, -0.15) is 5.10 Å². The zero-order valence-corrected chi connectivity index (χ0v) is 15.6. The number of aryl methyl sites for hydroxylation is 2. The number of anilines is 1. The van der Waals surface area contributed by atoms with E-state index in [0.29, 0.717) is 24.7 Å². The Morgan fingerprint density at radius 2 is 2.07 bits per heavy atom. The topological polar surface area (TPSA) is 121 Å². The van der Waals surface area contributed by atoms with E-state index in [1.807, 2.05) is 0 Å². The van der Waals surface area contributed by atoms with Crippen LogP contribution in [0.1, 0.15) is 50.9 Å². The Labute approximate surface area is 159 Å². The molecule has 9 heteroatoms. The van der Waals surface area contributed by atoms with Gasteiger partial charge in [0.25, 0.3) is 0 Å². The lowest BCUT2D eigenvalue weighted by atomic mass is 9.97. The Hall–Kier alpha value is -2.52. The zero-order chi connectivity index (χ0) is 18.5. The van der Waals surface area contributed by atoms with Crippen LogP contribution in [0, 0.1) is 0 Å². The van der Waals surface area contributed by atoms with Crippen LogP contribution in [0.4, 0.5) is 5.82 Å². The second-order valence-corrected chi connectivity index (χ2v) is 8.29. The second kappa shape index (κ2) is 6.28. The molecule has 4 heterocycles. The summed E-state index contributed by atoms with van der Waals surface area (Å²) < 4.78 is 0. The molecule has 0 saturated heterocycles. The van der Waals surface area contributed by atoms with Crippen molar-refractivity contribution in [1.29, 1.82) is 0 Å². The highest BCUT2D eigenvalue weighted by molar-refractivity contribution is 7.19. The minimum absolute atomic E-state index is 0.108. The summed E-state index contributed by atoms with van der Waals surface area (Å²) in [6.45, 7) is 1.87. The Kier molecular flexibility index (Phi) is 3.87. The molecule has 4 N–H and O–H groups in total. The quantitative estimate of drug-likeness (QED) is 0.632. The number of nitrogens with zero attached hydrogens (tertiary/aromatic N) is 4. The fourth-order valence-electron chi connectivity index (χ4n) is 4.17. The molecule has 0 amide bonds. The van der Waals surface area contributed by atoms with Gasteiger partial charge < -0.3 is 10.8 Å². The van der Waals surface area contributed by atoms with Gasteiger partial charge in [0.15, 0.2) is 5.69 Å². The van der Waals surface area contributed by atoms with Crippen LogP contribution in [0.5, 0.6) is 0 Å². The highest BCUT2D eigenvalue weighted by Crippen LogP contribution is 2.37. The number of nitrogens with two attached hydrogens (primary N) is 1. The van der Waals surface area contributed by atoms with Gasteiger partial charge in [-0.1, -0.05) is 0 Å². The Balaban J connectivity index is 1.43. The first-order valence-electron chi connectivity index (χ1n) is 9.18. The molecule has 0 radical (unpaired) electrons. The number of thiophene rings is 1. The Morgan fingerprint density at radius 3 is 2.93 bits per heavy atom. The van der Waals surface area contributed by atoms with Gasteiger partial charge >= 0.3 is 5.97 Å². The van der Waals surface area contributed by atoms with Crippen molar-refractivity contribution < 1.29 is 9.90 Å². The number of rotatable bonds is 3. The van der Waals surface area contributed by atoms with E-state index in [1.165, 1.54) is 23.3 Å². The van der Waals surface area contributed by atoms with Crippen molar-refractivity contribution in [3.05, 3.63) is 33.2 Å². The fraction of sp³-hybridized carbons (Fsp3) is 0.444. The minimum atomic E-state index is -1.000. The summed E-state index contributed by atoms with van der Waals surface area (Å²) in [6.07, 6.45) is 5.34. The third-order valence-electron chi connectivity index (χ3n) is 5.47. The predicted octanol–water partition coefficient (Wildman–Crippen LogP) is 2.13. The van der Waals surface area contributed by atoms with Crippen molar-refractivity contribution in [2.24, 2.45) is 0 Å². The van der Waals surface area contributed by atoms with E-state index in [4.69, 9.17) is 10.7 Å². The van der Waals surface area contributed by atoms with Crippen molar-refractivity contribution in [2.75, 3.05) is 12.3 Å². The van der Waals surface area contributed by atoms with Crippen LogP contribution in [-0.2, 0) is 32.4 Å². The molecule has 0 atom stereocenters. The van der Waals surface area contributed by atoms with Gasteiger partial charge in [0.2, 0.25) is 0 Å². The lowest BCUT2D eigenvalue weighted by Gasteiger charge is -2.26. The average Bonchev–Trinajstić information content (AvgIpc) is 3.22. The van der Waals surface area contributed by atoms with Crippen LogP contribution in [0.2, 0.25) is 0 Å². The molecule has 5 rings (SSSR count). The van der Waals surface area contributed by atoms with E-state index in [-0.39, 0.29) is 5.69 Å². The first-order valence-corrected chi connectivity index (χ1v) is 10.00. The average molecular weight is 384 g/mol. The van der Waals surface area contributed by atoms with Crippen LogP contribution in [0.15, 0.2) is 0 Å². The number of aromatic nitrogens is 4. The molecular formula is C18H20N6O2S. The molecule has 140 valence electrons. The number of nitrogen functional groups attached to an aromatic ring is 1. The number of carboxylic acids is 1. The van der Waals surface area contributed by atoms with E-state index >= 15 is 0 Å². The molecule has 2 aliphatic rings. The molecule has 1 aliphatic carbocycles. The van der Waals surface area contributed by atoms with E-state index < -0.39 is 5.97 Å². The maximum absolute atomic E-state index is 11.3. The molecule has 0 spiro atoms. The number of aromatic amines is 1. The number of carbonyl (C=O) groups is 1. The molecule has 27 heavy (non-hydrogen) atoms. The third kappa shape index (κ3) is 2.78. The predicted molar refractivity (Wildman–Crippen MR) is 102 cm³/mol. The van der Waals surface area contributed by atoms with Gasteiger partial charge in [-0.15, -0.1) is 11.3 Å². The van der Waals surface area contributed by atoms with E-state index in [2.05, 4.69) is 20.1 Å². The number of hydrogen-bond donors (Lipinski definition) is 3. The molecule has 0 unspecified atom stereocenters. The second-order valence-electron chi connectivity index (χ2n) is 7.21. The third-order valence-corrected chi connectivity index (χ3v) is 6.65. The van der Waals surface area contributed by atoms with Crippen LogP contribution >= 0.6 is 11.3 Å². The number of aromatic carboxylic acids is 1. The molecule has 0 fully saturated rings. The largest absolute Gasteiger partial charge is 0.476 e. The lowest BCUT2D eigenvalue weighted by Crippen LogP contribution is -2.31. The van der Waals surface area contributed by atoms with Gasteiger partial charge in [0, 0.05) is 35.6 Å². The van der Waals surface area contributed by atoms with Crippen LogP contribution in [0.3, 0.4) is 0 Å². The normalized spacial score (nSPS) is 17.0. The first kappa shape index (κ1) is 16.6. The van der Waals surface area contributed by atoms with Gasteiger partial charge in [-0.05, 0) is 31.2 Å². The SMILES string of the molecule is Nc1nc(CN2CCc3[nH]nc(C(=O)O)c3C2)nc2sc3c(c12)CCCC3. The molecule has 8 nitrogen and oxygen atoms in total.